The van der Waals surface area contributed by atoms with Crippen LogP contribution in [0.25, 0.3) is 0 Å². The minimum atomic E-state index is -0.226. The van der Waals surface area contributed by atoms with Gasteiger partial charge in [0.05, 0.1) is 12.2 Å². The van der Waals surface area contributed by atoms with E-state index in [4.69, 9.17) is 5.73 Å². The monoisotopic (exact) mass is 290 g/mol. The quantitative estimate of drug-likeness (QED) is 0.889. The van der Waals surface area contributed by atoms with Crippen molar-refractivity contribution in [3.63, 3.8) is 0 Å². The van der Waals surface area contributed by atoms with E-state index < -0.39 is 0 Å². The molecule has 21 heavy (non-hydrogen) atoms. The van der Waals surface area contributed by atoms with Gasteiger partial charge in [-0.25, -0.2) is 4.39 Å². The van der Waals surface area contributed by atoms with E-state index in [0.29, 0.717) is 0 Å². The highest BCUT2D eigenvalue weighted by atomic mass is 19.1. The fraction of sp³-hybridized carbons (Fsp3) is 0.438. The van der Waals surface area contributed by atoms with Crippen molar-refractivity contribution >= 4 is 0 Å². The molecule has 4 nitrogen and oxygen atoms in total. The van der Waals surface area contributed by atoms with Crippen LogP contribution < -0.4 is 5.73 Å². The third-order valence-electron chi connectivity index (χ3n) is 3.73. The normalized spacial score (nSPS) is 14.4. The van der Waals surface area contributed by atoms with E-state index in [1.165, 1.54) is 6.07 Å². The van der Waals surface area contributed by atoms with Gasteiger partial charge >= 0.3 is 0 Å². The molecule has 0 fully saturated rings. The fourth-order valence-corrected chi connectivity index (χ4v) is 2.68. The summed E-state index contributed by atoms with van der Waals surface area (Å²) in [4.78, 5) is 2.15. The van der Waals surface area contributed by atoms with E-state index in [0.717, 1.165) is 24.1 Å². The molecule has 0 bridgehead atoms. The minimum Gasteiger partial charge on any atom is -0.326 e. The standard InChI is InChI=1S/C16H23FN4/c1-4-15(18)16(13-6-5-7-14(17)8-13)20(2)10-12-9-19-21(3)11-12/h5-9,11,15-16H,4,10,18H2,1-3H3. The van der Waals surface area contributed by atoms with Gasteiger partial charge in [-0.2, -0.15) is 5.10 Å². The molecule has 114 valence electrons. The van der Waals surface area contributed by atoms with Gasteiger partial charge in [-0.3, -0.25) is 9.58 Å². The van der Waals surface area contributed by atoms with Crippen molar-refractivity contribution in [2.75, 3.05) is 7.05 Å². The first-order valence-corrected chi connectivity index (χ1v) is 7.20. The molecule has 0 spiro atoms. The Morgan fingerprint density at radius 2 is 2.19 bits per heavy atom. The average molecular weight is 290 g/mol. The molecule has 2 atom stereocenters. The average Bonchev–Trinajstić information content (AvgIpc) is 2.84. The molecule has 0 aliphatic carbocycles. The smallest absolute Gasteiger partial charge is 0.123 e. The second kappa shape index (κ2) is 6.83. The lowest BCUT2D eigenvalue weighted by Crippen LogP contribution is -2.38. The summed E-state index contributed by atoms with van der Waals surface area (Å²) in [6.07, 6.45) is 4.66. The summed E-state index contributed by atoms with van der Waals surface area (Å²) < 4.78 is 15.3. The predicted molar refractivity (Wildman–Crippen MR) is 82.1 cm³/mol. The van der Waals surface area contributed by atoms with Crippen molar-refractivity contribution in [2.24, 2.45) is 12.8 Å². The van der Waals surface area contributed by atoms with Gasteiger partial charge in [-0.1, -0.05) is 19.1 Å². The Morgan fingerprint density at radius 3 is 2.76 bits per heavy atom. The molecule has 1 aromatic carbocycles. The van der Waals surface area contributed by atoms with Crippen LogP contribution in [-0.4, -0.2) is 27.8 Å². The summed E-state index contributed by atoms with van der Waals surface area (Å²) in [5.41, 5.74) is 8.30. The highest BCUT2D eigenvalue weighted by molar-refractivity contribution is 5.22. The maximum absolute atomic E-state index is 13.5. The summed E-state index contributed by atoms with van der Waals surface area (Å²) >= 11 is 0. The molecule has 0 amide bonds. The van der Waals surface area contributed by atoms with Crippen LogP contribution in [0.4, 0.5) is 4.39 Å². The number of benzene rings is 1. The number of hydrogen-bond donors (Lipinski definition) is 1. The van der Waals surface area contributed by atoms with Crippen LogP contribution in [0, 0.1) is 5.82 Å². The van der Waals surface area contributed by atoms with E-state index in [-0.39, 0.29) is 17.9 Å². The molecule has 0 saturated carbocycles. The Balaban J connectivity index is 2.23. The minimum absolute atomic E-state index is 0.0223. The van der Waals surface area contributed by atoms with E-state index >= 15 is 0 Å². The molecule has 0 saturated heterocycles. The third kappa shape index (κ3) is 3.89. The van der Waals surface area contributed by atoms with Crippen LogP contribution in [0.15, 0.2) is 36.7 Å². The van der Waals surface area contributed by atoms with Gasteiger partial charge in [-0.15, -0.1) is 0 Å². The van der Waals surface area contributed by atoms with E-state index in [1.54, 1.807) is 16.8 Å². The van der Waals surface area contributed by atoms with Gasteiger partial charge in [0.1, 0.15) is 5.82 Å². The molecule has 2 rings (SSSR count). The molecule has 1 heterocycles. The van der Waals surface area contributed by atoms with Crippen LogP contribution in [-0.2, 0) is 13.6 Å². The first-order valence-electron chi connectivity index (χ1n) is 7.20. The zero-order valence-corrected chi connectivity index (χ0v) is 12.8. The van der Waals surface area contributed by atoms with Crippen LogP contribution in [0.1, 0.15) is 30.5 Å². The topological polar surface area (TPSA) is 47.1 Å². The first kappa shape index (κ1) is 15.7. The second-order valence-electron chi connectivity index (χ2n) is 5.51. The molecular formula is C16H23FN4. The summed E-state index contributed by atoms with van der Waals surface area (Å²) in [5, 5.41) is 4.18. The van der Waals surface area contributed by atoms with Gasteiger partial charge < -0.3 is 5.73 Å². The molecule has 2 aromatic rings. The molecule has 2 unspecified atom stereocenters. The lowest BCUT2D eigenvalue weighted by Gasteiger charge is -2.32. The SMILES string of the molecule is CCC(N)C(c1cccc(F)c1)N(C)Cc1cnn(C)c1. The first-order chi connectivity index (χ1) is 10.0. The number of nitrogens with two attached hydrogens (primary N) is 1. The lowest BCUT2D eigenvalue weighted by molar-refractivity contribution is 0.201. The highest BCUT2D eigenvalue weighted by Gasteiger charge is 2.23. The highest BCUT2D eigenvalue weighted by Crippen LogP contribution is 2.26. The maximum atomic E-state index is 13.5. The largest absolute Gasteiger partial charge is 0.326 e. The van der Waals surface area contributed by atoms with Gasteiger partial charge in [0, 0.05) is 31.4 Å². The molecule has 0 aliphatic rings. The fourth-order valence-electron chi connectivity index (χ4n) is 2.68. The number of nitrogens with zero attached hydrogens (tertiary/aromatic N) is 3. The van der Waals surface area contributed by atoms with Crippen LogP contribution >= 0.6 is 0 Å². The maximum Gasteiger partial charge on any atom is 0.123 e. The van der Waals surface area contributed by atoms with Gasteiger partial charge in [0.15, 0.2) is 0 Å². The molecule has 0 radical (unpaired) electrons. The predicted octanol–water partition coefficient (Wildman–Crippen LogP) is 2.47. The van der Waals surface area contributed by atoms with Crippen LogP contribution in [0.5, 0.6) is 0 Å². The van der Waals surface area contributed by atoms with Crippen molar-refractivity contribution in [1.82, 2.24) is 14.7 Å². The molecule has 0 aliphatic heterocycles. The Kier molecular flexibility index (Phi) is 5.09. The van der Waals surface area contributed by atoms with Crippen molar-refractivity contribution in [2.45, 2.75) is 32.0 Å². The zero-order chi connectivity index (χ0) is 15.4. The summed E-state index contributed by atoms with van der Waals surface area (Å²) in [7, 11) is 3.91. The summed E-state index contributed by atoms with van der Waals surface area (Å²) in [6.45, 7) is 2.78. The summed E-state index contributed by atoms with van der Waals surface area (Å²) in [6, 6.07) is 6.62. The Bertz CT molecular complexity index is 581. The van der Waals surface area contributed by atoms with Crippen molar-refractivity contribution < 1.29 is 4.39 Å². The van der Waals surface area contributed by atoms with E-state index in [1.807, 2.05) is 32.6 Å². The zero-order valence-electron chi connectivity index (χ0n) is 12.8. The van der Waals surface area contributed by atoms with Crippen LogP contribution in [0.2, 0.25) is 0 Å². The Labute approximate surface area is 125 Å². The van der Waals surface area contributed by atoms with Crippen molar-refractivity contribution in [3.05, 3.63) is 53.6 Å². The second-order valence-corrected chi connectivity index (χ2v) is 5.51. The molecule has 5 heteroatoms. The van der Waals surface area contributed by atoms with Gasteiger partial charge in [0.2, 0.25) is 0 Å². The third-order valence-corrected chi connectivity index (χ3v) is 3.73. The Morgan fingerprint density at radius 1 is 1.43 bits per heavy atom. The number of aryl methyl sites for hydroxylation is 1. The molecule has 1 aromatic heterocycles. The number of aromatic nitrogens is 2. The molecular weight excluding hydrogens is 267 g/mol. The molecule has 2 N–H and O–H groups in total. The van der Waals surface area contributed by atoms with Gasteiger partial charge in [0.25, 0.3) is 0 Å². The van der Waals surface area contributed by atoms with E-state index in [2.05, 4.69) is 16.9 Å². The number of rotatable bonds is 6. The summed E-state index contributed by atoms with van der Waals surface area (Å²) in [5.74, 6) is -0.226. The lowest BCUT2D eigenvalue weighted by atomic mass is 9.96. The van der Waals surface area contributed by atoms with Crippen LogP contribution in [0.3, 0.4) is 0 Å². The van der Waals surface area contributed by atoms with Gasteiger partial charge in [-0.05, 0) is 31.2 Å². The number of likely N-dealkylation sites (N-methyl/N-ethyl adjacent to an activating group) is 1. The Hall–Kier alpha value is -1.72. The number of halogens is 1. The number of hydrogen-bond acceptors (Lipinski definition) is 3. The van der Waals surface area contributed by atoms with E-state index in [9.17, 15) is 4.39 Å². The van der Waals surface area contributed by atoms with Crippen molar-refractivity contribution in [1.29, 1.82) is 0 Å². The van der Waals surface area contributed by atoms with Crippen molar-refractivity contribution in [3.8, 4) is 0 Å².